The van der Waals surface area contributed by atoms with Gasteiger partial charge in [-0.2, -0.15) is 13.2 Å². The van der Waals surface area contributed by atoms with Crippen LogP contribution >= 0.6 is 0 Å². The Hall–Kier alpha value is -3.36. The summed E-state index contributed by atoms with van der Waals surface area (Å²) in [7, 11) is 0. The van der Waals surface area contributed by atoms with Crippen LogP contribution in [0.2, 0.25) is 0 Å². The van der Waals surface area contributed by atoms with E-state index in [0.29, 0.717) is 5.56 Å². The molecule has 2 aromatic rings. The summed E-state index contributed by atoms with van der Waals surface area (Å²) in [6, 6.07) is 5.33. The second kappa shape index (κ2) is 10.3. The zero-order chi connectivity index (χ0) is 24.1. The van der Waals surface area contributed by atoms with Crippen LogP contribution in [0.5, 0.6) is 11.5 Å². The van der Waals surface area contributed by atoms with Crippen molar-refractivity contribution in [2.45, 2.75) is 32.9 Å². The predicted octanol–water partition coefficient (Wildman–Crippen LogP) is 6.43. The van der Waals surface area contributed by atoms with E-state index in [4.69, 9.17) is 4.74 Å². The minimum Gasteiger partial charge on any atom is -0.507 e. The van der Waals surface area contributed by atoms with Gasteiger partial charge in [0.2, 0.25) is 0 Å². The van der Waals surface area contributed by atoms with Crippen LogP contribution < -0.4 is 4.74 Å². The van der Waals surface area contributed by atoms with Crippen molar-refractivity contribution in [3.8, 4) is 11.5 Å². The lowest BCUT2D eigenvalue weighted by Crippen LogP contribution is -2.10. The quantitative estimate of drug-likeness (QED) is 0.273. The molecular weight excluding hydrogens is 435 g/mol. The van der Waals surface area contributed by atoms with Crippen LogP contribution in [0.25, 0.3) is 12.2 Å². The molecule has 9 heteroatoms. The number of carboxylic acid groups (broad SMARTS) is 1. The summed E-state index contributed by atoms with van der Waals surface area (Å²) in [5, 5.41) is 20.2. The fourth-order valence-electron chi connectivity index (χ4n) is 2.82. The van der Waals surface area contributed by atoms with Gasteiger partial charge < -0.3 is 14.9 Å². The Morgan fingerprint density at radius 2 is 1.75 bits per heavy atom. The number of benzene rings is 2. The van der Waals surface area contributed by atoms with Gasteiger partial charge in [0.05, 0.1) is 5.56 Å². The van der Waals surface area contributed by atoms with E-state index in [2.05, 4.69) is 0 Å². The van der Waals surface area contributed by atoms with Gasteiger partial charge in [-0.1, -0.05) is 35.9 Å². The summed E-state index contributed by atoms with van der Waals surface area (Å²) in [5.74, 6) is -2.21. The van der Waals surface area contributed by atoms with Crippen LogP contribution in [0, 0.1) is 0 Å². The average Bonchev–Trinajstić information content (AvgIpc) is 2.68. The second-order valence-electron chi connectivity index (χ2n) is 7.11. The highest BCUT2D eigenvalue weighted by molar-refractivity contribution is 5.97. The molecule has 0 saturated carbocycles. The van der Waals surface area contributed by atoms with Crippen LogP contribution in [-0.4, -0.2) is 29.2 Å². The zero-order valence-electron chi connectivity index (χ0n) is 17.2. The summed E-state index contributed by atoms with van der Waals surface area (Å²) in [5.41, 5.74) is -0.152. The number of aromatic carboxylic acids is 1. The van der Waals surface area contributed by atoms with Crippen LogP contribution in [0.1, 0.15) is 46.5 Å². The number of rotatable bonds is 8. The molecule has 4 nitrogen and oxygen atoms in total. The van der Waals surface area contributed by atoms with Crippen LogP contribution in [0.4, 0.5) is 22.0 Å². The zero-order valence-corrected chi connectivity index (χ0v) is 17.2. The highest BCUT2D eigenvalue weighted by atomic mass is 19.4. The van der Waals surface area contributed by atoms with Crippen molar-refractivity contribution in [3.63, 3.8) is 0 Å². The molecule has 0 unspecified atom stereocenters. The van der Waals surface area contributed by atoms with Gasteiger partial charge in [-0.15, -0.1) is 0 Å². The fraction of sp³-hybridized carbons (Fsp3) is 0.261. The monoisotopic (exact) mass is 456 g/mol. The number of ether oxygens (including phenoxy) is 1. The van der Waals surface area contributed by atoms with Gasteiger partial charge in [-0.25, -0.2) is 13.6 Å². The van der Waals surface area contributed by atoms with E-state index in [0.717, 1.165) is 17.7 Å². The molecule has 0 aliphatic carbocycles. The first-order valence-corrected chi connectivity index (χ1v) is 9.42. The maximum Gasteiger partial charge on any atom is 0.416 e. The smallest absolute Gasteiger partial charge is 0.416 e. The SMILES string of the molecule is CC(C)=CCc1c(OCC(F)F)cc(/C=C/c2ccc(C(F)(F)F)cc2)c(C(=O)O)c1O. The maximum absolute atomic E-state index is 12.7. The van der Waals surface area contributed by atoms with Crippen LogP contribution in [-0.2, 0) is 12.6 Å². The highest BCUT2D eigenvalue weighted by Crippen LogP contribution is 2.37. The van der Waals surface area contributed by atoms with E-state index in [9.17, 15) is 37.0 Å². The summed E-state index contributed by atoms with van der Waals surface area (Å²) in [6.07, 6.45) is -2.97. The van der Waals surface area contributed by atoms with E-state index in [1.54, 1.807) is 19.9 Å². The average molecular weight is 456 g/mol. The molecule has 172 valence electrons. The number of carboxylic acids is 1. The number of hydrogen-bond acceptors (Lipinski definition) is 3. The minimum absolute atomic E-state index is 0.0379. The summed E-state index contributed by atoms with van der Waals surface area (Å²) in [4.78, 5) is 11.8. The summed E-state index contributed by atoms with van der Waals surface area (Å²) >= 11 is 0. The van der Waals surface area contributed by atoms with Gasteiger partial charge in [-0.05, 0) is 49.6 Å². The van der Waals surface area contributed by atoms with E-state index in [1.807, 2.05) is 0 Å². The third kappa shape index (κ3) is 6.57. The molecule has 0 bridgehead atoms. The number of aromatic hydroxyl groups is 1. The first-order chi connectivity index (χ1) is 14.9. The largest absolute Gasteiger partial charge is 0.507 e. The van der Waals surface area contributed by atoms with Crippen molar-refractivity contribution in [1.82, 2.24) is 0 Å². The Bertz CT molecular complexity index is 1020. The number of phenols is 1. The Kier molecular flexibility index (Phi) is 8.02. The molecule has 0 heterocycles. The van der Waals surface area contributed by atoms with Crippen LogP contribution in [0.3, 0.4) is 0 Å². The van der Waals surface area contributed by atoms with E-state index >= 15 is 0 Å². The Labute approximate surface area is 181 Å². The highest BCUT2D eigenvalue weighted by Gasteiger charge is 2.29. The molecule has 2 rings (SSSR count). The number of hydrogen-bond donors (Lipinski definition) is 2. The number of allylic oxidation sites excluding steroid dienone is 2. The van der Waals surface area contributed by atoms with Gasteiger partial charge in [0.15, 0.2) is 0 Å². The Morgan fingerprint density at radius 3 is 2.25 bits per heavy atom. The third-order valence-electron chi connectivity index (χ3n) is 4.38. The van der Waals surface area contributed by atoms with Crippen molar-refractivity contribution in [2.24, 2.45) is 0 Å². The molecule has 0 radical (unpaired) electrons. The fourth-order valence-corrected chi connectivity index (χ4v) is 2.82. The summed E-state index contributed by atoms with van der Waals surface area (Å²) < 4.78 is 68.5. The molecule has 0 atom stereocenters. The molecule has 0 aliphatic heterocycles. The van der Waals surface area contributed by atoms with Gasteiger partial charge >= 0.3 is 12.1 Å². The second-order valence-corrected chi connectivity index (χ2v) is 7.11. The van der Waals surface area contributed by atoms with Gasteiger partial charge in [0.25, 0.3) is 6.43 Å². The van der Waals surface area contributed by atoms with Crippen molar-refractivity contribution < 1.29 is 41.7 Å². The molecule has 0 saturated heterocycles. The molecule has 0 spiro atoms. The predicted molar refractivity (Wildman–Crippen MR) is 110 cm³/mol. The molecule has 2 aromatic carbocycles. The third-order valence-corrected chi connectivity index (χ3v) is 4.38. The Morgan fingerprint density at radius 1 is 1.12 bits per heavy atom. The van der Waals surface area contributed by atoms with E-state index in [-0.39, 0.29) is 23.3 Å². The number of halogens is 5. The first-order valence-electron chi connectivity index (χ1n) is 9.42. The maximum atomic E-state index is 12.7. The van der Waals surface area contributed by atoms with Gasteiger partial charge in [0, 0.05) is 5.56 Å². The minimum atomic E-state index is -4.50. The van der Waals surface area contributed by atoms with Crippen molar-refractivity contribution in [2.75, 3.05) is 6.61 Å². The van der Waals surface area contributed by atoms with E-state index in [1.165, 1.54) is 30.4 Å². The lowest BCUT2D eigenvalue weighted by atomic mass is 9.97. The van der Waals surface area contributed by atoms with Gasteiger partial charge in [-0.3, -0.25) is 0 Å². The molecule has 32 heavy (non-hydrogen) atoms. The Balaban J connectivity index is 2.53. The molecular formula is C23H21F5O4. The van der Waals surface area contributed by atoms with Crippen molar-refractivity contribution in [1.29, 1.82) is 0 Å². The molecule has 0 amide bonds. The summed E-state index contributed by atoms with van der Waals surface area (Å²) in [6.45, 7) is 2.59. The van der Waals surface area contributed by atoms with Crippen molar-refractivity contribution >= 4 is 18.1 Å². The topological polar surface area (TPSA) is 66.8 Å². The first kappa shape index (κ1) is 24.9. The molecule has 0 fully saturated rings. The lowest BCUT2D eigenvalue weighted by molar-refractivity contribution is -0.137. The number of carbonyl (C=O) groups is 1. The number of alkyl halides is 5. The van der Waals surface area contributed by atoms with Crippen molar-refractivity contribution in [3.05, 3.63) is 69.8 Å². The van der Waals surface area contributed by atoms with Gasteiger partial charge in [0.1, 0.15) is 23.7 Å². The molecule has 0 aliphatic rings. The lowest BCUT2D eigenvalue weighted by Gasteiger charge is -2.16. The standard InChI is InChI=1S/C23H21F5O4/c1-13(2)3-10-17-18(32-12-19(24)25)11-15(20(21(17)29)22(30)31)7-4-14-5-8-16(9-6-14)23(26,27)28/h3-9,11,19,29H,10,12H2,1-2H3,(H,30,31)/b7-4+. The van der Waals surface area contributed by atoms with E-state index < -0.39 is 42.1 Å². The molecule has 2 N–H and O–H groups in total. The van der Waals surface area contributed by atoms with Crippen LogP contribution in [0.15, 0.2) is 42.0 Å². The molecule has 0 aromatic heterocycles. The normalized spacial score (nSPS) is 11.8.